The Balaban J connectivity index is 2.55. The molecule has 0 saturated heterocycles. The second-order valence-electron chi connectivity index (χ2n) is 3.06. The van der Waals surface area contributed by atoms with Crippen molar-refractivity contribution in [3.8, 4) is 0 Å². The van der Waals surface area contributed by atoms with E-state index in [1.807, 2.05) is 7.05 Å². The number of aryl methyl sites for hydroxylation is 1. The molecule has 0 saturated carbocycles. The minimum absolute atomic E-state index is 0.132. The van der Waals surface area contributed by atoms with Gasteiger partial charge >= 0.3 is 0 Å². The highest BCUT2D eigenvalue weighted by atomic mass is 19.3. The van der Waals surface area contributed by atoms with Crippen molar-refractivity contribution >= 4 is 0 Å². The molecule has 0 atom stereocenters. The average Bonchev–Trinajstić information content (AvgIpc) is 2.19. The molecule has 0 spiro atoms. The maximum absolute atomic E-state index is 12.3. The minimum Gasteiger partial charge on any atom is -0.320 e. The van der Waals surface area contributed by atoms with E-state index in [9.17, 15) is 8.78 Å². The molecule has 14 heavy (non-hydrogen) atoms. The molecule has 0 aliphatic heterocycles. The molecule has 78 valence electrons. The zero-order chi connectivity index (χ0) is 10.4. The monoisotopic (exact) mass is 200 g/mol. The van der Waals surface area contributed by atoms with E-state index in [0.717, 1.165) is 25.1 Å². The van der Waals surface area contributed by atoms with Gasteiger partial charge in [0.2, 0.25) is 0 Å². The highest BCUT2D eigenvalue weighted by Crippen LogP contribution is 2.16. The normalized spacial score (nSPS) is 10.9. The lowest BCUT2D eigenvalue weighted by Gasteiger charge is -2.03. The lowest BCUT2D eigenvalue weighted by molar-refractivity contribution is 0.146. The van der Waals surface area contributed by atoms with E-state index in [2.05, 4.69) is 10.3 Å². The van der Waals surface area contributed by atoms with E-state index in [1.54, 1.807) is 12.1 Å². The van der Waals surface area contributed by atoms with Crippen LogP contribution < -0.4 is 5.32 Å². The maximum atomic E-state index is 12.3. The second-order valence-corrected chi connectivity index (χ2v) is 3.06. The van der Waals surface area contributed by atoms with Crippen molar-refractivity contribution in [2.75, 3.05) is 13.6 Å². The van der Waals surface area contributed by atoms with Crippen molar-refractivity contribution in [2.45, 2.75) is 19.3 Å². The lowest BCUT2D eigenvalue weighted by atomic mass is 10.2. The number of halogens is 2. The van der Waals surface area contributed by atoms with E-state index in [1.165, 1.54) is 6.07 Å². The van der Waals surface area contributed by atoms with Crippen molar-refractivity contribution in [1.82, 2.24) is 10.3 Å². The van der Waals surface area contributed by atoms with Gasteiger partial charge < -0.3 is 5.32 Å². The fourth-order valence-corrected chi connectivity index (χ4v) is 1.21. The molecule has 0 unspecified atom stereocenters. The Hall–Kier alpha value is -1.03. The van der Waals surface area contributed by atoms with Gasteiger partial charge in [-0.15, -0.1) is 0 Å². The molecule has 1 aromatic heterocycles. The summed E-state index contributed by atoms with van der Waals surface area (Å²) in [5.41, 5.74) is 0.602. The molecule has 0 aliphatic carbocycles. The molecule has 0 aromatic carbocycles. The Morgan fingerprint density at radius 1 is 1.43 bits per heavy atom. The van der Waals surface area contributed by atoms with Crippen LogP contribution in [0.25, 0.3) is 0 Å². The molecule has 1 heterocycles. The molecule has 1 aromatic rings. The number of pyridine rings is 1. The van der Waals surface area contributed by atoms with Gasteiger partial charge in [-0.1, -0.05) is 6.07 Å². The van der Waals surface area contributed by atoms with Crippen LogP contribution >= 0.6 is 0 Å². The third-order valence-electron chi connectivity index (χ3n) is 1.91. The average molecular weight is 200 g/mol. The molecule has 0 bridgehead atoms. The summed E-state index contributed by atoms with van der Waals surface area (Å²) in [5.74, 6) is 0. The first-order valence-electron chi connectivity index (χ1n) is 4.62. The first kappa shape index (κ1) is 11.0. The molecule has 1 rings (SSSR count). The maximum Gasteiger partial charge on any atom is 0.280 e. The summed E-state index contributed by atoms with van der Waals surface area (Å²) in [5, 5.41) is 3.00. The molecule has 0 amide bonds. The third-order valence-corrected chi connectivity index (χ3v) is 1.91. The number of rotatable bonds is 5. The molecule has 2 nitrogen and oxygen atoms in total. The highest BCUT2D eigenvalue weighted by molar-refractivity contribution is 5.12. The first-order chi connectivity index (χ1) is 6.74. The van der Waals surface area contributed by atoms with Gasteiger partial charge in [-0.3, -0.25) is 4.98 Å². The van der Waals surface area contributed by atoms with Gasteiger partial charge in [0.05, 0.1) is 0 Å². The van der Waals surface area contributed by atoms with Gasteiger partial charge in [0.25, 0.3) is 6.43 Å². The van der Waals surface area contributed by atoms with E-state index < -0.39 is 6.43 Å². The number of nitrogens with one attached hydrogen (secondary N) is 1. The van der Waals surface area contributed by atoms with Gasteiger partial charge in [0.1, 0.15) is 5.69 Å². The third kappa shape index (κ3) is 3.38. The van der Waals surface area contributed by atoms with Gasteiger partial charge in [-0.25, -0.2) is 8.78 Å². The summed E-state index contributed by atoms with van der Waals surface area (Å²) >= 11 is 0. The standard InChI is InChI=1S/C10H14F2N2/c1-13-7-3-5-8-4-2-6-9(14-8)10(11)12/h2,4,6,10,13H,3,5,7H2,1H3. The minimum atomic E-state index is -2.47. The van der Waals surface area contributed by atoms with Crippen LogP contribution in [-0.4, -0.2) is 18.6 Å². The Morgan fingerprint density at radius 3 is 2.86 bits per heavy atom. The molecule has 0 aliphatic rings. The Kier molecular flexibility index (Phi) is 4.46. The second kappa shape index (κ2) is 5.65. The lowest BCUT2D eigenvalue weighted by Crippen LogP contribution is -2.09. The van der Waals surface area contributed by atoms with E-state index in [4.69, 9.17) is 0 Å². The summed E-state index contributed by atoms with van der Waals surface area (Å²) in [6, 6.07) is 4.76. The molecule has 4 heteroatoms. The molecule has 0 fully saturated rings. The van der Waals surface area contributed by atoms with Crippen LogP contribution in [0.5, 0.6) is 0 Å². The van der Waals surface area contributed by atoms with Crippen LogP contribution in [0.4, 0.5) is 8.78 Å². The van der Waals surface area contributed by atoms with Gasteiger partial charge in [0, 0.05) is 5.69 Å². The van der Waals surface area contributed by atoms with Crippen molar-refractivity contribution in [2.24, 2.45) is 0 Å². The Morgan fingerprint density at radius 2 is 2.21 bits per heavy atom. The van der Waals surface area contributed by atoms with Crippen LogP contribution in [0.2, 0.25) is 0 Å². The van der Waals surface area contributed by atoms with Gasteiger partial charge in [-0.05, 0) is 38.6 Å². The molecule has 0 radical (unpaired) electrons. The predicted octanol–water partition coefficient (Wildman–Crippen LogP) is 2.17. The van der Waals surface area contributed by atoms with E-state index >= 15 is 0 Å². The van der Waals surface area contributed by atoms with Crippen molar-refractivity contribution in [3.05, 3.63) is 29.6 Å². The van der Waals surface area contributed by atoms with Crippen LogP contribution in [0.15, 0.2) is 18.2 Å². The summed E-state index contributed by atoms with van der Waals surface area (Å²) in [6.07, 6.45) is -0.823. The molecular formula is C10H14F2N2. The van der Waals surface area contributed by atoms with Crippen LogP contribution in [0, 0.1) is 0 Å². The Bertz CT molecular complexity index is 277. The topological polar surface area (TPSA) is 24.9 Å². The largest absolute Gasteiger partial charge is 0.320 e. The Labute approximate surface area is 82.4 Å². The number of hydrogen-bond donors (Lipinski definition) is 1. The number of nitrogens with zero attached hydrogens (tertiary/aromatic N) is 1. The van der Waals surface area contributed by atoms with Gasteiger partial charge in [-0.2, -0.15) is 0 Å². The summed E-state index contributed by atoms with van der Waals surface area (Å²) in [4.78, 5) is 3.87. The SMILES string of the molecule is CNCCCc1cccc(C(F)F)n1. The molecular weight excluding hydrogens is 186 g/mol. The van der Waals surface area contributed by atoms with Crippen molar-refractivity contribution in [1.29, 1.82) is 0 Å². The van der Waals surface area contributed by atoms with Crippen molar-refractivity contribution < 1.29 is 8.78 Å². The molecule has 1 N–H and O–H groups in total. The van der Waals surface area contributed by atoms with Crippen LogP contribution in [0.1, 0.15) is 24.2 Å². The number of hydrogen-bond acceptors (Lipinski definition) is 2. The van der Waals surface area contributed by atoms with E-state index in [0.29, 0.717) is 0 Å². The van der Waals surface area contributed by atoms with Gasteiger partial charge in [0.15, 0.2) is 0 Å². The smallest absolute Gasteiger partial charge is 0.280 e. The highest BCUT2D eigenvalue weighted by Gasteiger charge is 2.08. The fourth-order valence-electron chi connectivity index (χ4n) is 1.21. The van der Waals surface area contributed by atoms with Crippen LogP contribution in [0.3, 0.4) is 0 Å². The summed E-state index contributed by atoms with van der Waals surface area (Å²) < 4.78 is 24.5. The van der Waals surface area contributed by atoms with E-state index in [-0.39, 0.29) is 5.69 Å². The van der Waals surface area contributed by atoms with Crippen LogP contribution in [-0.2, 0) is 6.42 Å². The first-order valence-corrected chi connectivity index (χ1v) is 4.62. The number of alkyl halides is 2. The van der Waals surface area contributed by atoms with Crippen molar-refractivity contribution in [3.63, 3.8) is 0 Å². The fraction of sp³-hybridized carbons (Fsp3) is 0.500. The summed E-state index contributed by atoms with van der Waals surface area (Å²) in [6.45, 7) is 0.876. The quantitative estimate of drug-likeness (QED) is 0.737. The predicted molar refractivity (Wildman–Crippen MR) is 51.4 cm³/mol. The number of aromatic nitrogens is 1. The summed E-state index contributed by atoms with van der Waals surface area (Å²) in [7, 11) is 1.86. The zero-order valence-electron chi connectivity index (χ0n) is 8.13. The zero-order valence-corrected chi connectivity index (χ0v) is 8.13.